The van der Waals surface area contributed by atoms with Gasteiger partial charge in [-0.15, -0.1) is 0 Å². The number of hydrogen-bond donors (Lipinski definition) is 1. The number of amides is 1. The molecule has 1 amide bonds. The Morgan fingerprint density at radius 3 is 2.46 bits per heavy atom. The van der Waals surface area contributed by atoms with Crippen molar-refractivity contribution in [2.45, 2.75) is 18.2 Å². The molecule has 1 unspecified atom stereocenters. The Morgan fingerprint density at radius 1 is 1.15 bits per heavy atom. The highest BCUT2D eigenvalue weighted by Gasteiger charge is 2.30. The van der Waals surface area contributed by atoms with Crippen LogP contribution in [-0.4, -0.2) is 54.9 Å². The Kier molecular flexibility index (Phi) is 5.70. The molecule has 0 bridgehead atoms. The van der Waals surface area contributed by atoms with Gasteiger partial charge in [-0.1, -0.05) is 35.5 Å². The number of carbonyl (C=O) groups is 1. The second-order valence-electron chi connectivity index (χ2n) is 6.25. The normalized spacial score (nSPS) is 17.2. The second-order valence-corrected chi connectivity index (χ2v) is 8.22. The van der Waals surface area contributed by atoms with Crippen molar-refractivity contribution in [3.63, 3.8) is 0 Å². The van der Waals surface area contributed by atoms with Gasteiger partial charge in [-0.05, 0) is 5.56 Å². The summed E-state index contributed by atoms with van der Waals surface area (Å²) < 4.78 is 30.9. The Morgan fingerprint density at radius 2 is 1.85 bits per heavy atom. The average molecular weight is 378 g/mol. The van der Waals surface area contributed by atoms with Crippen LogP contribution in [0.25, 0.3) is 0 Å². The third-order valence-electron chi connectivity index (χ3n) is 4.43. The van der Waals surface area contributed by atoms with Gasteiger partial charge in [0.05, 0.1) is 5.69 Å². The molecule has 0 spiro atoms. The van der Waals surface area contributed by atoms with Crippen LogP contribution in [0.5, 0.6) is 0 Å². The average Bonchev–Trinajstić information content (AvgIpc) is 3.14. The topological polar surface area (TPSA) is 110 Å². The van der Waals surface area contributed by atoms with Gasteiger partial charge < -0.3 is 15.2 Å². The van der Waals surface area contributed by atoms with E-state index in [0.29, 0.717) is 18.8 Å². The molecule has 2 heterocycles. The Labute approximate surface area is 152 Å². The molecule has 1 aromatic heterocycles. The van der Waals surface area contributed by atoms with Crippen LogP contribution in [0.1, 0.15) is 23.7 Å². The predicted molar refractivity (Wildman–Crippen MR) is 95.3 cm³/mol. The SMILES string of the molecule is NC(CC(=O)N1CCN(S(=O)(=O)Cc2ccon2)CC1)c1ccccc1. The Balaban J connectivity index is 1.52. The van der Waals surface area contributed by atoms with Crippen LogP contribution in [0.4, 0.5) is 0 Å². The van der Waals surface area contributed by atoms with Crippen molar-refractivity contribution in [2.24, 2.45) is 5.73 Å². The van der Waals surface area contributed by atoms with Gasteiger partial charge in [0.1, 0.15) is 12.0 Å². The first-order chi connectivity index (χ1) is 12.5. The molecule has 1 atom stereocenters. The highest BCUT2D eigenvalue weighted by Crippen LogP contribution is 2.17. The third-order valence-corrected chi connectivity index (χ3v) is 6.24. The summed E-state index contributed by atoms with van der Waals surface area (Å²) >= 11 is 0. The van der Waals surface area contributed by atoms with Crippen LogP contribution in [0.2, 0.25) is 0 Å². The minimum Gasteiger partial charge on any atom is -0.364 e. The fourth-order valence-corrected chi connectivity index (χ4v) is 4.37. The van der Waals surface area contributed by atoms with E-state index in [1.165, 1.54) is 16.6 Å². The molecule has 0 radical (unpaired) electrons. The molecule has 1 saturated heterocycles. The molecule has 140 valence electrons. The summed E-state index contributed by atoms with van der Waals surface area (Å²) in [6.45, 7) is 1.26. The van der Waals surface area contributed by atoms with Crippen LogP contribution in [0.15, 0.2) is 47.2 Å². The molecule has 0 saturated carbocycles. The molecule has 1 aliphatic rings. The first kappa shape index (κ1) is 18.6. The van der Waals surface area contributed by atoms with Gasteiger partial charge >= 0.3 is 0 Å². The van der Waals surface area contributed by atoms with E-state index in [9.17, 15) is 13.2 Å². The van der Waals surface area contributed by atoms with Gasteiger partial charge in [0.2, 0.25) is 15.9 Å². The summed E-state index contributed by atoms with van der Waals surface area (Å²) in [4.78, 5) is 14.1. The lowest BCUT2D eigenvalue weighted by Crippen LogP contribution is -2.51. The first-order valence-electron chi connectivity index (χ1n) is 8.41. The summed E-state index contributed by atoms with van der Waals surface area (Å²) in [5.41, 5.74) is 7.39. The molecule has 1 aliphatic heterocycles. The lowest BCUT2D eigenvalue weighted by molar-refractivity contribution is -0.132. The lowest BCUT2D eigenvalue weighted by Gasteiger charge is -2.34. The predicted octanol–water partition coefficient (Wildman–Crippen LogP) is 0.739. The molecule has 0 aliphatic carbocycles. The summed E-state index contributed by atoms with van der Waals surface area (Å²) in [5, 5.41) is 3.64. The van der Waals surface area contributed by atoms with E-state index in [4.69, 9.17) is 5.73 Å². The molecule has 26 heavy (non-hydrogen) atoms. The van der Waals surface area contributed by atoms with Gasteiger partial charge in [0.15, 0.2) is 0 Å². The zero-order chi connectivity index (χ0) is 18.6. The zero-order valence-corrected chi connectivity index (χ0v) is 15.1. The van der Waals surface area contributed by atoms with Gasteiger partial charge in [0.25, 0.3) is 0 Å². The van der Waals surface area contributed by atoms with E-state index < -0.39 is 10.0 Å². The summed E-state index contributed by atoms with van der Waals surface area (Å²) in [6.07, 6.45) is 1.55. The number of nitrogens with zero attached hydrogens (tertiary/aromatic N) is 3. The molecule has 2 N–H and O–H groups in total. The van der Waals surface area contributed by atoms with Crippen LogP contribution < -0.4 is 5.73 Å². The summed E-state index contributed by atoms with van der Waals surface area (Å²) in [7, 11) is -3.47. The number of rotatable bonds is 6. The molecule has 1 aromatic carbocycles. The van der Waals surface area contributed by atoms with E-state index in [0.717, 1.165) is 5.56 Å². The monoisotopic (exact) mass is 378 g/mol. The van der Waals surface area contributed by atoms with Crippen molar-refractivity contribution in [3.8, 4) is 0 Å². The quantitative estimate of drug-likeness (QED) is 0.794. The van der Waals surface area contributed by atoms with E-state index in [1.807, 2.05) is 30.3 Å². The van der Waals surface area contributed by atoms with Crippen LogP contribution in [0, 0.1) is 0 Å². The molecular formula is C17H22N4O4S. The maximum absolute atomic E-state index is 12.5. The molecule has 2 aromatic rings. The molecule has 8 nitrogen and oxygen atoms in total. The molecular weight excluding hydrogens is 356 g/mol. The van der Waals surface area contributed by atoms with E-state index >= 15 is 0 Å². The van der Waals surface area contributed by atoms with E-state index in [-0.39, 0.29) is 37.2 Å². The van der Waals surface area contributed by atoms with Gasteiger partial charge in [-0.2, -0.15) is 4.31 Å². The summed E-state index contributed by atoms with van der Waals surface area (Å²) in [5.74, 6) is -0.258. The highest BCUT2D eigenvalue weighted by molar-refractivity contribution is 7.88. The first-order valence-corrected chi connectivity index (χ1v) is 10.0. The van der Waals surface area contributed by atoms with Crippen molar-refractivity contribution in [1.29, 1.82) is 0 Å². The number of sulfonamides is 1. The van der Waals surface area contributed by atoms with Crippen molar-refractivity contribution in [2.75, 3.05) is 26.2 Å². The lowest BCUT2D eigenvalue weighted by atomic mass is 10.0. The van der Waals surface area contributed by atoms with Gasteiger partial charge in [-0.25, -0.2) is 8.42 Å². The number of carbonyl (C=O) groups excluding carboxylic acids is 1. The van der Waals surface area contributed by atoms with E-state index in [1.54, 1.807) is 4.90 Å². The number of benzene rings is 1. The molecule has 9 heteroatoms. The molecule has 1 fully saturated rings. The Hall–Kier alpha value is -2.23. The van der Waals surface area contributed by atoms with E-state index in [2.05, 4.69) is 9.68 Å². The number of hydrogen-bond acceptors (Lipinski definition) is 6. The fourth-order valence-electron chi connectivity index (χ4n) is 2.94. The van der Waals surface area contributed by atoms with Crippen molar-refractivity contribution >= 4 is 15.9 Å². The van der Waals surface area contributed by atoms with Crippen molar-refractivity contribution in [1.82, 2.24) is 14.4 Å². The largest absolute Gasteiger partial charge is 0.364 e. The minimum absolute atomic E-state index is 0.0603. The van der Waals surface area contributed by atoms with Crippen LogP contribution in [-0.2, 0) is 20.6 Å². The van der Waals surface area contributed by atoms with Crippen molar-refractivity contribution < 1.29 is 17.7 Å². The number of piperazine rings is 1. The van der Waals surface area contributed by atoms with Crippen molar-refractivity contribution in [3.05, 3.63) is 53.9 Å². The Bertz CT molecular complexity index is 816. The maximum Gasteiger partial charge on any atom is 0.224 e. The van der Waals surface area contributed by atoms with Gasteiger partial charge in [-0.3, -0.25) is 4.79 Å². The highest BCUT2D eigenvalue weighted by atomic mass is 32.2. The summed E-state index contributed by atoms with van der Waals surface area (Å²) in [6, 6.07) is 10.6. The number of aromatic nitrogens is 1. The van der Waals surface area contributed by atoms with Crippen LogP contribution >= 0.6 is 0 Å². The number of nitrogens with two attached hydrogens (primary N) is 1. The zero-order valence-electron chi connectivity index (χ0n) is 14.3. The standard InChI is InChI=1S/C17H22N4O4S/c18-16(14-4-2-1-3-5-14)12-17(22)20-7-9-21(10-8-20)26(23,24)13-15-6-11-25-19-15/h1-6,11,16H,7-10,12-13,18H2. The van der Waals surface area contributed by atoms with Crippen LogP contribution in [0.3, 0.4) is 0 Å². The van der Waals surface area contributed by atoms with Gasteiger partial charge in [0, 0.05) is 44.7 Å². The second kappa shape index (κ2) is 7.98. The minimum atomic E-state index is -3.47. The molecule has 3 rings (SSSR count). The third kappa shape index (κ3) is 4.48. The fraction of sp³-hybridized carbons (Fsp3) is 0.412. The maximum atomic E-state index is 12.5. The smallest absolute Gasteiger partial charge is 0.224 e.